The van der Waals surface area contributed by atoms with Crippen LogP contribution in [0.1, 0.15) is 19.2 Å². The zero-order chi connectivity index (χ0) is 17.2. The average molecular weight is 336 g/mol. The molecular weight excluding hydrogens is 319 g/mol. The topological polar surface area (TPSA) is 61.4 Å². The SMILES string of the molecule is CCCn1c(Cn2ccnc2-c2cccc(F)n2)nc2cnccc21. The minimum absolute atomic E-state index is 0.504. The van der Waals surface area contributed by atoms with Crippen molar-refractivity contribution in [2.45, 2.75) is 26.4 Å². The lowest BCUT2D eigenvalue weighted by Gasteiger charge is -2.10. The second-order valence-electron chi connectivity index (χ2n) is 5.77. The molecule has 4 aromatic heterocycles. The molecule has 0 fully saturated rings. The monoisotopic (exact) mass is 336 g/mol. The van der Waals surface area contributed by atoms with Gasteiger partial charge in [0.2, 0.25) is 5.95 Å². The van der Waals surface area contributed by atoms with E-state index in [2.05, 4.69) is 26.4 Å². The first-order valence-electron chi connectivity index (χ1n) is 8.19. The molecule has 4 rings (SSSR count). The van der Waals surface area contributed by atoms with Crippen LogP contribution in [-0.2, 0) is 13.1 Å². The molecule has 0 radical (unpaired) electrons. The number of fused-ring (bicyclic) bond motifs is 1. The van der Waals surface area contributed by atoms with Crippen LogP contribution in [0.15, 0.2) is 49.1 Å². The molecule has 0 aliphatic carbocycles. The number of nitrogens with zero attached hydrogens (tertiary/aromatic N) is 6. The van der Waals surface area contributed by atoms with Crippen LogP contribution in [0.4, 0.5) is 4.39 Å². The highest BCUT2D eigenvalue weighted by molar-refractivity contribution is 5.74. The lowest BCUT2D eigenvalue weighted by atomic mass is 10.3. The Kier molecular flexibility index (Phi) is 3.97. The zero-order valence-electron chi connectivity index (χ0n) is 13.8. The smallest absolute Gasteiger partial charge is 0.213 e. The summed E-state index contributed by atoms with van der Waals surface area (Å²) >= 11 is 0. The van der Waals surface area contributed by atoms with Crippen molar-refractivity contribution in [2.75, 3.05) is 0 Å². The molecule has 6 nitrogen and oxygen atoms in total. The zero-order valence-corrected chi connectivity index (χ0v) is 13.8. The number of imidazole rings is 2. The van der Waals surface area contributed by atoms with Crippen molar-refractivity contribution in [2.24, 2.45) is 0 Å². The van der Waals surface area contributed by atoms with Gasteiger partial charge in [-0.3, -0.25) is 4.98 Å². The third-order valence-electron chi connectivity index (χ3n) is 4.05. The van der Waals surface area contributed by atoms with Gasteiger partial charge in [0.05, 0.1) is 18.3 Å². The number of aryl methyl sites for hydroxylation is 1. The van der Waals surface area contributed by atoms with Crippen LogP contribution in [0.5, 0.6) is 0 Å². The van der Waals surface area contributed by atoms with Crippen molar-refractivity contribution in [1.29, 1.82) is 0 Å². The first-order valence-corrected chi connectivity index (χ1v) is 8.19. The molecular formula is C18H17FN6. The highest BCUT2D eigenvalue weighted by Gasteiger charge is 2.14. The molecule has 0 amide bonds. The van der Waals surface area contributed by atoms with Crippen molar-refractivity contribution in [3.05, 3.63) is 60.8 Å². The molecule has 4 aromatic rings. The van der Waals surface area contributed by atoms with E-state index in [1.54, 1.807) is 30.7 Å². The standard InChI is InChI=1S/C18H17FN6/c1-2-9-25-15-6-7-20-11-14(15)23-17(25)12-24-10-8-21-18(24)13-4-3-5-16(19)22-13/h3-8,10-11H,2,9,12H2,1H3. The number of rotatable bonds is 5. The number of aromatic nitrogens is 6. The molecule has 0 bridgehead atoms. The van der Waals surface area contributed by atoms with Gasteiger partial charge < -0.3 is 9.13 Å². The number of halogens is 1. The Bertz CT molecular complexity index is 1020. The summed E-state index contributed by atoms with van der Waals surface area (Å²) in [4.78, 5) is 17.1. The van der Waals surface area contributed by atoms with Gasteiger partial charge in [-0.1, -0.05) is 13.0 Å². The predicted molar refractivity (Wildman–Crippen MR) is 92.3 cm³/mol. The van der Waals surface area contributed by atoms with Gasteiger partial charge in [0.25, 0.3) is 0 Å². The number of hydrogen-bond donors (Lipinski definition) is 0. The van der Waals surface area contributed by atoms with Gasteiger partial charge in [0, 0.05) is 25.1 Å². The summed E-state index contributed by atoms with van der Waals surface area (Å²) in [5.74, 6) is 1.02. The third-order valence-corrected chi connectivity index (χ3v) is 4.05. The van der Waals surface area contributed by atoms with Gasteiger partial charge in [-0.2, -0.15) is 4.39 Å². The molecule has 7 heteroatoms. The Morgan fingerprint density at radius 1 is 1.12 bits per heavy atom. The van der Waals surface area contributed by atoms with E-state index in [9.17, 15) is 4.39 Å². The quantitative estimate of drug-likeness (QED) is 0.525. The van der Waals surface area contributed by atoms with Crippen LogP contribution in [0.25, 0.3) is 22.6 Å². The molecule has 25 heavy (non-hydrogen) atoms. The molecule has 0 aliphatic rings. The van der Waals surface area contributed by atoms with E-state index < -0.39 is 5.95 Å². The van der Waals surface area contributed by atoms with E-state index >= 15 is 0 Å². The van der Waals surface area contributed by atoms with E-state index in [0.717, 1.165) is 29.8 Å². The highest BCUT2D eigenvalue weighted by atomic mass is 19.1. The maximum absolute atomic E-state index is 13.5. The van der Waals surface area contributed by atoms with E-state index in [1.165, 1.54) is 6.07 Å². The van der Waals surface area contributed by atoms with Crippen molar-refractivity contribution in [3.63, 3.8) is 0 Å². The van der Waals surface area contributed by atoms with Gasteiger partial charge in [-0.25, -0.2) is 15.0 Å². The second kappa shape index (κ2) is 6.43. The molecule has 0 atom stereocenters. The Labute approximate surface area is 144 Å². The lowest BCUT2D eigenvalue weighted by Crippen LogP contribution is -2.10. The maximum Gasteiger partial charge on any atom is 0.213 e. The lowest BCUT2D eigenvalue weighted by molar-refractivity contribution is 0.583. The normalized spacial score (nSPS) is 11.3. The van der Waals surface area contributed by atoms with Crippen LogP contribution in [0, 0.1) is 5.95 Å². The van der Waals surface area contributed by atoms with Crippen molar-refractivity contribution in [1.82, 2.24) is 29.1 Å². The van der Waals surface area contributed by atoms with Gasteiger partial charge in [0.1, 0.15) is 17.0 Å². The minimum atomic E-state index is -0.517. The number of pyridine rings is 2. The fourth-order valence-corrected chi connectivity index (χ4v) is 2.98. The third kappa shape index (κ3) is 2.88. The summed E-state index contributed by atoms with van der Waals surface area (Å²) in [6.45, 7) is 3.54. The van der Waals surface area contributed by atoms with E-state index in [1.807, 2.05) is 16.8 Å². The van der Waals surface area contributed by atoms with Crippen molar-refractivity contribution in [3.8, 4) is 11.5 Å². The average Bonchev–Trinajstić information content (AvgIpc) is 3.21. The Morgan fingerprint density at radius 2 is 2.04 bits per heavy atom. The molecule has 126 valence electrons. The summed E-state index contributed by atoms with van der Waals surface area (Å²) < 4.78 is 17.6. The Balaban J connectivity index is 1.76. The van der Waals surface area contributed by atoms with Crippen molar-refractivity contribution >= 4 is 11.0 Å². The fourth-order valence-electron chi connectivity index (χ4n) is 2.98. The highest BCUT2D eigenvalue weighted by Crippen LogP contribution is 2.20. The van der Waals surface area contributed by atoms with Gasteiger partial charge in [-0.05, 0) is 24.6 Å². The second-order valence-corrected chi connectivity index (χ2v) is 5.77. The molecule has 0 saturated carbocycles. The van der Waals surface area contributed by atoms with Gasteiger partial charge in [-0.15, -0.1) is 0 Å². The van der Waals surface area contributed by atoms with Crippen LogP contribution >= 0.6 is 0 Å². The molecule has 0 aromatic carbocycles. The molecule has 0 N–H and O–H groups in total. The van der Waals surface area contributed by atoms with E-state index in [4.69, 9.17) is 4.98 Å². The number of hydrogen-bond acceptors (Lipinski definition) is 4. The van der Waals surface area contributed by atoms with Gasteiger partial charge in [0.15, 0.2) is 5.82 Å². The Hall–Kier alpha value is -3.09. The van der Waals surface area contributed by atoms with Gasteiger partial charge >= 0.3 is 0 Å². The largest absolute Gasteiger partial charge is 0.326 e. The fraction of sp³-hybridized carbons (Fsp3) is 0.222. The molecule has 4 heterocycles. The molecule has 0 spiro atoms. The summed E-state index contributed by atoms with van der Waals surface area (Å²) in [6.07, 6.45) is 8.10. The summed E-state index contributed by atoms with van der Waals surface area (Å²) in [5, 5.41) is 0. The first-order chi connectivity index (χ1) is 12.3. The van der Waals surface area contributed by atoms with Crippen molar-refractivity contribution < 1.29 is 4.39 Å². The predicted octanol–water partition coefficient (Wildman–Crippen LogP) is 3.29. The van der Waals surface area contributed by atoms with Crippen LogP contribution in [0.2, 0.25) is 0 Å². The molecule has 0 aliphatic heterocycles. The summed E-state index contributed by atoms with van der Waals surface area (Å²) in [6, 6.07) is 6.68. The first kappa shape index (κ1) is 15.4. The van der Waals surface area contributed by atoms with Crippen LogP contribution in [-0.4, -0.2) is 29.1 Å². The van der Waals surface area contributed by atoms with E-state index in [0.29, 0.717) is 18.1 Å². The molecule has 0 unspecified atom stereocenters. The molecule has 0 saturated heterocycles. The van der Waals surface area contributed by atoms with E-state index in [-0.39, 0.29) is 0 Å². The van der Waals surface area contributed by atoms with Crippen LogP contribution in [0.3, 0.4) is 0 Å². The minimum Gasteiger partial charge on any atom is -0.326 e. The summed E-state index contributed by atoms with van der Waals surface area (Å²) in [7, 11) is 0. The van der Waals surface area contributed by atoms with Crippen LogP contribution < -0.4 is 0 Å². The Morgan fingerprint density at radius 3 is 2.88 bits per heavy atom. The summed E-state index contributed by atoms with van der Waals surface area (Å²) in [5.41, 5.74) is 2.44. The maximum atomic E-state index is 13.5.